The Morgan fingerprint density at radius 1 is 1.36 bits per heavy atom. The van der Waals surface area contributed by atoms with Crippen molar-refractivity contribution in [3.8, 4) is 0 Å². The number of Topliss-reactive ketones (excluding diaryl/α,β-unsaturated/α-hetero) is 1. The molecule has 10 nitrogen and oxygen atoms in total. The van der Waals surface area contributed by atoms with Crippen molar-refractivity contribution in [2.45, 2.75) is 40.7 Å². The summed E-state index contributed by atoms with van der Waals surface area (Å²) < 4.78 is 6.34. The number of thiophene rings is 1. The van der Waals surface area contributed by atoms with E-state index in [1.165, 1.54) is 24.7 Å². The zero-order chi connectivity index (χ0) is 21.0. The van der Waals surface area contributed by atoms with Crippen LogP contribution in [0.1, 0.15) is 51.6 Å². The first-order chi connectivity index (χ1) is 13.1. The lowest BCUT2D eigenvalue weighted by Crippen LogP contribution is -2.16. The van der Waals surface area contributed by atoms with Gasteiger partial charge in [0.2, 0.25) is 5.91 Å². The van der Waals surface area contributed by atoms with Gasteiger partial charge in [-0.3, -0.25) is 24.4 Å². The standard InChI is InChI=1S/C17H20N4O6S/c1-5-27-17(24)14-9(2)15(11(4)22)28-16(14)18-13(23)6-7-20-8-12(21(25)26)10(3)19-20/h8H,5-7H2,1-4H3,(H,18,23). The van der Waals surface area contributed by atoms with Gasteiger partial charge in [-0.1, -0.05) is 0 Å². The van der Waals surface area contributed by atoms with E-state index in [-0.39, 0.29) is 47.3 Å². The molecule has 2 aromatic heterocycles. The zero-order valence-corrected chi connectivity index (χ0v) is 16.7. The third-order valence-electron chi connectivity index (χ3n) is 3.88. The van der Waals surface area contributed by atoms with Crippen LogP contribution in [0.25, 0.3) is 0 Å². The Labute approximate surface area is 164 Å². The van der Waals surface area contributed by atoms with Crippen LogP contribution in [0, 0.1) is 24.0 Å². The fraction of sp³-hybridized carbons (Fsp3) is 0.412. The average molecular weight is 408 g/mol. The number of amides is 1. The van der Waals surface area contributed by atoms with Crippen molar-refractivity contribution in [2.24, 2.45) is 0 Å². The second kappa shape index (κ2) is 8.74. The van der Waals surface area contributed by atoms with Gasteiger partial charge in [0.15, 0.2) is 5.78 Å². The number of carbonyl (C=O) groups is 3. The maximum Gasteiger partial charge on any atom is 0.341 e. The Kier molecular flexibility index (Phi) is 6.62. The van der Waals surface area contributed by atoms with Gasteiger partial charge in [0, 0.05) is 13.0 Å². The first-order valence-electron chi connectivity index (χ1n) is 8.45. The molecule has 0 atom stereocenters. The van der Waals surface area contributed by atoms with Crippen molar-refractivity contribution in [1.82, 2.24) is 9.78 Å². The van der Waals surface area contributed by atoms with E-state index < -0.39 is 16.8 Å². The maximum absolute atomic E-state index is 12.3. The van der Waals surface area contributed by atoms with E-state index in [1.807, 2.05) is 0 Å². The van der Waals surface area contributed by atoms with Crippen LogP contribution >= 0.6 is 11.3 Å². The Bertz CT molecular complexity index is 946. The van der Waals surface area contributed by atoms with Crippen molar-refractivity contribution in [1.29, 1.82) is 0 Å². The molecule has 2 heterocycles. The number of ketones is 1. The van der Waals surface area contributed by atoms with Crippen LogP contribution in [-0.4, -0.2) is 39.0 Å². The predicted molar refractivity (Wildman–Crippen MR) is 102 cm³/mol. The first-order valence-corrected chi connectivity index (χ1v) is 9.27. The molecular weight excluding hydrogens is 388 g/mol. The topological polar surface area (TPSA) is 133 Å². The van der Waals surface area contributed by atoms with Crippen LogP contribution < -0.4 is 5.32 Å². The number of rotatable bonds is 8. The molecule has 150 valence electrons. The SMILES string of the molecule is CCOC(=O)c1c(NC(=O)CCn2cc([N+](=O)[O-])c(C)n2)sc(C(C)=O)c1C. The lowest BCUT2D eigenvalue weighted by molar-refractivity contribution is -0.385. The molecule has 0 unspecified atom stereocenters. The highest BCUT2D eigenvalue weighted by molar-refractivity contribution is 7.18. The highest BCUT2D eigenvalue weighted by Gasteiger charge is 2.25. The molecule has 0 spiro atoms. The van der Waals surface area contributed by atoms with Crippen molar-refractivity contribution < 1.29 is 24.0 Å². The maximum atomic E-state index is 12.3. The van der Waals surface area contributed by atoms with Crippen LogP contribution in [0.3, 0.4) is 0 Å². The van der Waals surface area contributed by atoms with Gasteiger partial charge in [-0.15, -0.1) is 11.3 Å². The molecule has 0 aliphatic rings. The van der Waals surface area contributed by atoms with Gasteiger partial charge in [0.05, 0.1) is 22.0 Å². The number of esters is 1. The van der Waals surface area contributed by atoms with Gasteiger partial charge in [-0.25, -0.2) is 4.79 Å². The third kappa shape index (κ3) is 4.60. The monoisotopic (exact) mass is 408 g/mol. The summed E-state index contributed by atoms with van der Waals surface area (Å²) in [6.07, 6.45) is 1.24. The second-order valence-corrected chi connectivity index (χ2v) is 6.98. The molecule has 11 heteroatoms. The summed E-state index contributed by atoms with van der Waals surface area (Å²) >= 11 is 1.01. The number of aryl methyl sites for hydroxylation is 2. The minimum absolute atomic E-state index is 0.0209. The molecule has 1 amide bonds. The lowest BCUT2D eigenvalue weighted by atomic mass is 10.1. The molecule has 2 aromatic rings. The van der Waals surface area contributed by atoms with Gasteiger partial charge in [-0.2, -0.15) is 5.10 Å². The van der Waals surface area contributed by atoms with E-state index in [2.05, 4.69) is 10.4 Å². The van der Waals surface area contributed by atoms with E-state index in [0.29, 0.717) is 10.4 Å². The molecule has 0 saturated carbocycles. The summed E-state index contributed by atoms with van der Waals surface area (Å²) in [5, 5.41) is 17.7. The highest BCUT2D eigenvalue weighted by Crippen LogP contribution is 2.34. The number of hydrogen-bond donors (Lipinski definition) is 1. The molecule has 0 bridgehead atoms. The zero-order valence-electron chi connectivity index (χ0n) is 15.9. The smallest absolute Gasteiger partial charge is 0.341 e. The van der Waals surface area contributed by atoms with Crippen LogP contribution in [0.2, 0.25) is 0 Å². The number of nitro groups is 1. The fourth-order valence-corrected chi connectivity index (χ4v) is 3.70. The summed E-state index contributed by atoms with van der Waals surface area (Å²) in [6.45, 7) is 6.47. The molecular formula is C17H20N4O6S. The number of anilines is 1. The molecule has 0 fully saturated rings. The Balaban J connectivity index is 2.15. The molecule has 0 aromatic carbocycles. The number of carbonyl (C=O) groups excluding carboxylic acids is 3. The highest BCUT2D eigenvalue weighted by atomic mass is 32.1. The Morgan fingerprint density at radius 2 is 2.04 bits per heavy atom. The number of aromatic nitrogens is 2. The molecule has 2 rings (SSSR count). The lowest BCUT2D eigenvalue weighted by Gasteiger charge is -2.07. The van der Waals surface area contributed by atoms with Gasteiger partial charge in [0.25, 0.3) is 0 Å². The predicted octanol–water partition coefficient (Wildman–Crippen LogP) is 2.88. The van der Waals surface area contributed by atoms with Gasteiger partial charge in [0.1, 0.15) is 16.9 Å². The quantitative estimate of drug-likeness (QED) is 0.307. The van der Waals surface area contributed by atoms with Crippen LogP contribution in [-0.2, 0) is 16.1 Å². The summed E-state index contributed by atoms with van der Waals surface area (Å²) in [5.74, 6) is -1.25. The number of ether oxygens (including phenoxy) is 1. The van der Waals surface area contributed by atoms with Crippen molar-refractivity contribution in [3.63, 3.8) is 0 Å². The largest absolute Gasteiger partial charge is 0.462 e. The molecule has 0 radical (unpaired) electrons. The van der Waals surface area contributed by atoms with Crippen molar-refractivity contribution >= 4 is 39.7 Å². The molecule has 1 N–H and O–H groups in total. The summed E-state index contributed by atoms with van der Waals surface area (Å²) in [6, 6.07) is 0. The average Bonchev–Trinajstić information content (AvgIpc) is 3.13. The first kappa shape index (κ1) is 21.2. The van der Waals surface area contributed by atoms with Gasteiger partial charge >= 0.3 is 11.7 Å². The third-order valence-corrected chi connectivity index (χ3v) is 5.19. The van der Waals surface area contributed by atoms with E-state index in [4.69, 9.17) is 4.74 Å². The molecule has 0 aliphatic heterocycles. The second-order valence-electron chi connectivity index (χ2n) is 5.96. The van der Waals surface area contributed by atoms with E-state index in [1.54, 1.807) is 13.8 Å². The minimum atomic E-state index is -0.614. The Hall–Kier alpha value is -3.08. The summed E-state index contributed by atoms with van der Waals surface area (Å²) in [5.41, 5.74) is 0.764. The minimum Gasteiger partial charge on any atom is -0.462 e. The fourth-order valence-electron chi connectivity index (χ4n) is 2.59. The number of nitrogens with zero attached hydrogens (tertiary/aromatic N) is 3. The van der Waals surface area contributed by atoms with Gasteiger partial charge in [-0.05, 0) is 33.3 Å². The van der Waals surface area contributed by atoms with Gasteiger partial charge < -0.3 is 10.1 Å². The van der Waals surface area contributed by atoms with E-state index in [0.717, 1.165) is 11.3 Å². The summed E-state index contributed by atoms with van der Waals surface area (Å²) in [4.78, 5) is 47.0. The molecule has 28 heavy (non-hydrogen) atoms. The van der Waals surface area contributed by atoms with E-state index >= 15 is 0 Å². The Morgan fingerprint density at radius 3 is 2.57 bits per heavy atom. The number of nitrogens with one attached hydrogen (secondary N) is 1. The van der Waals surface area contributed by atoms with Crippen molar-refractivity contribution in [2.75, 3.05) is 11.9 Å². The normalized spacial score (nSPS) is 10.6. The molecule has 0 aliphatic carbocycles. The van der Waals surface area contributed by atoms with E-state index in [9.17, 15) is 24.5 Å². The number of hydrogen-bond acceptors (Lipinski definition) is 8. The van der Waals surface area contributed by atoms with Crippen LogP contribution in [0.15, 0.2) is 6.20 Å². The summed E-state index contributed by atoms with van der Waals surface area (Å²) in [7, 11) is 0. The molecule has 0 saturated heterocycles. The van der Waals surface area contributed by atoms with Crippen LogP contribution in [0.4, 0.5) is 10.7 Å². The van der Waals surface area contributed by atoms with Crippen molar-refractivity contribution in [3.05, 3.63) is 38.0 Å². The van der Waals surface area contributed by atoms with Crippen LogP contribution in [0.5, 0.6) is 0 Å².